The number of aromatic nitrogens is 1. The Morgan fingerprint density at radius 3 is 1.16 bits per heavy atom. The quantitative estimate of drug-likeness (QED) is 0.114. The topological polar surface area (TPSA) is 27.8 Å². The molecular weight excluding hydrogens is 1330 g/mol. The summed E-state index contributed by atoms with van der Waals surface area (Å²) in [5.41, 5.74) is 34.4. The molecule has 0 atom stereocenters. The van der Waals surface area contributed by atoms with Gasteiger partial charge in [-0.3, -0.25) is 0 Å². The monoisotopic (exact) mass is 1410 g/mol. The molecule has 6 heteroatoms. The third kappa shape index (κ3) is 11.5. The normalized spacial score (nSPS) is 12.6. The molecule has 0 N–H and O–H groups in total. The Morgan fingerprint density at radius 1 is 0.255 bits per heavy atom. The Balaban J connectivity index is 0.907. The van der Waals surface area contributed by atoms with E-state index in [1.165, 1.54) is 43.8 Å². The van der Waals surface area contributed by atoms with Crippen LogP contribution in [0.15, 0.2) is 374 Å². The summed E-state index contributed by atoms with van der Waals surface area (Å²) in [6.45, 7) is 13.5. The molecule has 5 nitrogen and oxygen atoms in total. The fraction of sp³-hybridized carbons (Fsp3) is 0.0769. The van der Waals surface area contributed by atoms with Crippen LogP contribution in [0.3, 0.4) is 0 Å². The third-order valence-corrected chi connectivity index (χ3v) is 22.8. The molecule has 0 spiro atoms. The predicted octanol–water partition coefficient (Wildman–Crippen LogP) is 26.8. The molecule has 0 amide bonds. The van der Waals surface area contributed by atoms with Crippen molar-refractivity contribution < 1.29 is 4.42 Å². The minimum absolute atomic E-state index is 0.0422. The molecule has 0 saturated heterocycles. The first-order chi connectivity index (χ1) is 53.8. The molecule has 20 rings (SSSR count). The van der Waals surface area contributed by atoms with Crippen molar-refractivity contribution in [3.8, 4) is 72.4 Å². The van der Waals surface area contributed by atoms with E-state index in [2.05, 4.69) is 431 Å². The van der Waals surface area contributed by atoms with E-state index in [-0.39, 0.29) is 17.5 Å². The van der Waals surface area contributed by atoms with E-state index in [1.54, 1.807) is 0 Å². The number of fused-ring (bicyclic) bond motifs is 10. The van der Waals surface area contributed by atoms with Crippen molar-refractivity contribution in [2.45, 2.75) is 52.4 Å². The van der Waals surface area contributed by atoms with E-state index in [0.717, 1.165) is 151 Å². The van der Waals surface area contributed by atoms with E-state index in [1.807, 2.05) is 0 Å². The zero-order valence-electron chi connectivity index (χ0n) is 62.5. The predicted molar refractivity (Wildman–Crippen MR) is 467 cm³/mol. The molecule has 0 fully saturated rings. The minimum atomic E-state index is -0.260. The second-order valence-electron chi connectivity index (χ2n) is 31.7. The molecule has 0 bridgehead atoms. The fourth-order valence-corrected chi connectivity index (χ4v) is 17.3. The summed E-state index contributed by atoms with van der Waals surface area (Å²) in [7, 11) is 0. The van der Waals surface area contributed by atoms with Gasteiger partial charge in [0.15, 0.2) is 0 Å². The number of hydrogen-bond acceptors (Lipinski definition) is 4. The highest BCUT2D eigenvalue weighted by molar-refractivity contribution is 7.00. The van der Waals surface area contributed by atoms with Gasteiger partial charge in [0, 0.05) is 78.4 Å². The Labute approximate surface area is 643 Å². The molecule has 16 aromatic carbocycles. The van der Waals surface area contributed by atoms with Crippen molar-refractivity contribution in [2.75, 3.05) is 14.7 Å². The largest absolute Gasteiger partial charge is 0.456 e. The van der Waals surface area contributed by atoms with Crippen LogP contribution >= 0.6 is 0 Å². The number of hydrogen-bond donors (Lipinski definition) is 0. The van der Waals surface area contributed by atoms with Crippen LogP contribution in [0.4, 0.5) is 51.2 Å². The van der Waals surface area contributed by atoms with E-state index in [4.69, 9.17) is 4.42 Å². The minimum Gasteiger partial charge on any atom is -0.456 e. The summed E-state index contributed by atoms with van der Waals surface area (Å²) in [5, 5.41) is 4.57. The van der Waals surface area contributed by atoms with E-state index in [0.29, 0.717) is 0 Å². The molecule has 0 unspecified atom stereocenters. The molecule has 110 heavy (non-hydrogen) atoms. The van der Waals surface area contributed by atoms with Gasteiger partial charge in [0.2, 0.25) is 0 Å². The second-order valence-corrected chi connectivity index (χ2v) is 31.7. The van der Waals surface area contributed by atoms with Crippen LogP contribution in [-0.4, -0.2) is 11.3 Å². The van der Waals surface area contributed by atoms with Gasteiger partial charge in [0.25, 0.3) is 6.71 Å². The Kier molecular flexibility index (Phi) is 15.7. The van der Waals surface area contributed by atoms with Gasteiger partial charge in [-0.15, -0.1) is 0 Å². The van der Waals surface area contributed by atoms with Crippen LogP contribution in [0, 0.1) is 0 Å². The van der Waals surface area contributed by atoms with Gasteiger partial charge in [0.05, 0.1) is 11.0 Å². The standard InChI is InChI=1S/C104H79BN4O/c1-103(2,3)80-43-47-83(48-44-80)106(84-49-45-81(46-50-84)104(4,5)6)85-51-53-93-97(67-85)109(87-60-77(70-30-16-9-17-31-70)57-78(61-87)71-32-18-10-19-33-71)99-66-79(73-42-55-101-91(63-73)89-37-23-25-39-100(89)110-101)65-98-102(99)105(93)92-52-40-74(72-41-54-95-90(62-72)88-36-22-24-38-94(88)107(95)82-34-20-11-21-35-82)64-96(92)108(98)86-58-75(68-26-12-7-13-27-68)56-76(59-86)69-28-14-8-15-29-69/h7-67H,1-6H3. The van der Waals surface area contributed by atoms with E-state index >= 15 is 0 Å². The van der Waals surface area contributed by atoms with Gasteiger partial charge in [-0.2, -0.15) is 0 Å². The van der Waals surface area contributed by atoms with Crippen LogP contribution < -0.4 is 31.1 Å². The number of furan rings is 1. The highest BCUT2D eigenvalue weighted by atomic mass is 16.3. The molecular formula is C104H79BN4O. The Hall–Kier alpha value is -13.4. The van der Waals surface area contributed by atoms with Gasteiger partial charge >= 0.3 is 0 Å². The maximum atomic E-state index is 6.65. The van der Waals surface area contributed by atoms with Crippen molar-refractivity contribution in [2.24, 2.45) is 0 Å². The summed E-state index contributed by atoms with van der Waals surface area (Å²) in [5.74, 6) is 0. The fourth-order valence-electron chi connectivity index (χ4n) is 17.3. The summed E-state index contributed by atoms with van der Waals surface area (Å²) < 4.78 is 9.06. The molecule has 524 valence electrons. The molecule has 18 aromatic rings. The zero-order chi connectivity index (χ0) is 73.9. The summed E-state index contributed by atoms with van der Waals surface area (Å²) in [6.07, 6.45) is 0. The maximum Gasteiger partial charge on any atom is 0.252 e. The van der Waals surface area contributed by atoms with Gasteiger partial charge in [-0.05, 0) is 245 Å². The Bertz CT molecular complexity index is 6420. The van der Waals surface area contributed by atoms with Crippen LogP contribution in [0.25, 0.3) is 116 Å². The summed E-state index contributed by atoms with van der Waals surface area (Å²) >= 11 is 0. The SMILES string of the molecule is CC(C)(C)c1ccc(N(c2ccc(C(C)(C)C)cc2)c2ccc3c(c2)N(c2cc(-c4ccccc4)cc(-c4ccccc4)c2)c2cc(-c4ccc5oc6ccccc6c5c4)cc4c2B3c2ccc(-c3ccc5c(c3)c3ccccc3n5-c3ccccc3)cc2N4c2cc(-c3ccccc3)cc(-c3ccccc3)c2)cc1. The van der Waals surface area contributed by atoms with Gasteiger partial charge in [-0.1, -0.05) is 272 Å². The molecule has 2 aliphatic rings. The maximum absolute atomic E-state index is 6.65. The van der Waals surface area contributed by atoms with Crippen LogP contribution in [0.1, 0.15) is 52.7 Å². The van der Waals surface area contributed by atoms with Crippen molar-refractivity contribution in [3.05, 3.63) is 381 Å². The summed E-state index contributed by atoms with van der Waals surface area (Å²) in [4.78, 5) is 7.72. The molecule has 2 aliphatic heterocycles. The average molecular weight is 1410 g/mol. The summed E-state index contributed by atoms with van der Waals surface area (Å²) in [6, 6.07) is 138. The van der Waals surface area contributed by atoms with Gasteiger partial charge in [-0.25, -0.2) is 0 Å². The number of anilines is 9. The van der Waals surface area contributed by atoms with Crippen LogP contribution in [0.5, 0.6) is 0 Å². The smallest absolute Gasteiger partial charge is 0.252 e. The number of para-hydroxylation sites is 3. The van der Waals surface area contributed by atoms with E-state index in [9.17, 15) is 0 Å². The van der Waals surface area contributed by atoms with Crippen molar-refractivity contribution in [1.82, 2.24) is 4.57 Å². The highest BCUT2D eigenvalue weighted by Crippen LogP contribution is 2.52. The molecule has 0 aliphatic carbocycles. The molecule has 0 saturated carbocycles. The van der Waals surface area contributed by atoms with Crippen molar-refractivity contribution >= 4 is 118 Å². The molecule has 4 heterocycles. The lowest BCUT2D eigenvalue weighted by molar-refractivity contribution is 0.590. The number of nitrogens with zero attached hydrogens (tertiary/aromatic N) is 4. The molecule has 2 aromatic heterocycles. The van der Waals surface area contributed by atoms with Crippen molar-refractivity contribution in [3.63, 3.8) is 0 Å². The second kappa shape index (κ2) is 26.2. The lowest BCUT2D eigenvalue weighted by atomic mass is 9.33. The first kappa shape index (κ1) is 66.1. The van der Waals surface area contributed by atoms with Crippen LogP contribution in [0.2, 0.25) is 0 Å². The van der Waals surface area contributed by atoms with Gasteiger partial charge in [0.1, 0.15) is 11.2 Å². The number of benzene rings is 16. The van der Waals surface area contributed by atoms with E-state index < -0.39 is 0 Å². The zero-order valence-corrected chi connectivity index (χ0v) is 62.5. The molecule has 0 radical (unpaired) electrons. The number of rotatable bonds is 12. The lowest BCUT2D eigenvalue weighted by Crippen LogP contribution is -2.61. The lowest BCUT2D eigenvalue weighted by Gasteiger charge is -2.45. The Morgan fingerprint density at radius 2 is 0.636 bits per heavy atom. The first-order valence-corrected chi connectivity index (χ1v) is 38.4. The van der Waals surface area contributed by atoms with Gasteiger partial charge < -0.3 is 23.7 Å². The van der Waals surface area contributed by atoms with Crippen LogP contribution in [-0.2, 0) is 10.8 Å². The average Bonchev–Trinajstić information content (AvgIpc) is 0.861. The third-order valence-electron chi connectivity index (χ3n) is 22.8. The van der Waals surface area contributed by atoms with Crippen molar-refractivity contribution in [1.29, 1.82) is 0 Å². The highest BCUT2D eigenvalue weighted by Gasteiger charge is 2.45. The first-order valence-electron chi connectivity index (χ1n) is 38.4.